The molecule has 0 radical (unpaired) electrons. The molecule has 0 aliphatic carbocycles. The smallest absolute Gasteiger partial charge is 0.338 e. The molecule has 25 heavy (non-hydrogen) atoms. The number of hydrogen-bond acceptors (Lipinski definition) is 5. The molecule has 0 saturated heterocycles. The van der Waals surface area contributed by atoms with Gasteiger partial charge in [0.1, 0.15) is 5.75 Å². The van der Waals surface area contributed by atoms with Crippen molar-refractivity contribution in [3.63, 3.8) is 0 Å². The van der Waals surface area contributed by atoms with Crippen molar-refractivity contribution < 1.29 is 19.1 Å². The Morgan fingerprint density at radius 1 is 1.20 bits per heavy atom. The summed E-state index contributed by atoms with van der Waals surface area (Å²) in [5, 5.41) is 4.75. The van der Waals surface area contributed by atoms with E-state index in [1.807, 2.05) is 24.4 Å². The Bertz CT molecular complexity index is 667. The van der Waals surface area contributed by atoms with Gasteiger partial charge in [-0.25, -0.2) is 4.79 Å². The number of carbonyl (C=O) groups excluding carboxylic acids is 2. The molecule has 5 nitrogen and oxygen atoms in total. The third kappa shape index (κ3) is 6.23. The van der Waals surface area contributed by atoms with E-state index in [1.165, 1.54) is 0 Å². The number of esters is 1. The quantitative estimate of drug-likeness (QED) is 0.542. The van der Waals surface area contributed by atoms with Crippen LogP contribution in [0.1, 0.15) is 48.0 Å². The number of unbranched alkanes of at least 4 members (excludes halogenated alkanes) is 1. The van der Waals surface area contributed by atoms with Crippen LogP contribution in [0.25, 0.3) is 0 Å². The van der Waals surface area contributed by atoms with E-state index in [0.29, 0.717) is 17.9 Å². The number of ether oxygens (including phenoxy) is 2. The second kappa shape index (κ2) is 9.84. The summed E-state index contributed by atoms with van der Waals surface area (Å²) in [5.41, 5.74) is 0.391. The van der Waals surface area contributed by atoms with Gasteiger partial charge < -0.3 is 14.8 Å². The lowest BCUT2D eigenvalue weighted by Gasteiger charge is -2.12. The monoisotopic (exact) mass is 361 g/mol. The fourth-order valence-electron chi connectivity index (χ4n) is 2.13. The molecular formula is C19H23NO4S. The average molecular weight is 361 g/mol. The zero-order valence-corrected chi connectivity index (χ0v) is 15.3. The summed E-state index contributed by atoms with van der Waals surface area (Å²) in [4.78, 5) is 24.9. The van der Waals surface area contributed by atoms with E-state index in [1.54, 1.807) is 35.6 Å². The fraction of sp³-hybridized carbons (Fsp3) is 0.368. The minimum Gasteiger partial charge on any atom is -0.494 e. The third-order valence-electron chi connectivity index (χ3n) is 3.54. The van der Waals surface area contributed by atoms with Gasteiger partial charge in [0.2, 0.25) is 0 Å². The summed E-state index contributed by atoms with van der Waals surface area (Å²) in [6.07, 6.45) is 2.06. The maximum atomic E-state index is 12.0. The summed E-state index contributed by atoms with van der Waals surface area (Å²) in [7, 11) is 0. The first-order valence-corrected chi connectivity index (χ1v) is 9.21. The number of carbonyl (C=O) groups is 2. The molecule has 0 bridgehead atoms. The lowest BCUT2D eigenvalue weighted by molar-refractivity contribution is -0.124. The highest BCUT2D eigenvalue weighted by atomic mass is 32.1. The second-order valence-electron chi connectivity index (χ2n) is 5.61. The Balaban J connectivity index is 1.76. The van der Waals surface area contributed by atoms with Gasteiger partial charge in [-0.2, -0.15) is 0 Å². The van der Waals surface area contributed by atoms with Crippen molar-refractivity contribution in [2.75, 3.05) is 13.2 Å². The molecule has 1 N–H and O–H groups in total. The van der Waals surface area contributed by atoms with Gasteiger partial charge in [-0.15, -0.1) is 11.3 Å². The van der Waals surface area contributed by atoms with Crippen LogP contribution in [-0.2, 0) is 9.53 Å². The predicted molar refractivity (Wildman–Crippen MR) is 98.0 cm³/mol. The van der Waals surface area contributed by atoms with Gasteiger partial charge in [0.15, 0.2) is 6.61 Å². The van der Waals surface area contributed by atoms with Gasteiger partial charge in [0.25, 0.3) is 5.91 Å². The zero-order valence-electron chi connectivity index (χ0n) is 14.5. The van der Waals surface area contributed by atoms with Crippen LogP contribution in [0.4, 0.5) is 0 Å². The van der Waals surface area contributed by atoms with Crippen LogP contribution in [0.15, 0.2) is 41.8 Å². The highest BCUT2D eigenvalue weighted by molar-refractivity contribution is 7.10. The standard InChI is InChI=1S/C19H23NO4S/c1-3-4-11-23-16-9-7-15(8-10-16)19(22)24-13-18(21)20-14(2)17-6-5-12-25-17/h5-10,12,14H,3-4,11,13H2,1-2H3,(H,20,21)/t14-/m0/s1. The van der Waals surface area contributed by atoms with Gasteiger partial charge in [0.05, 0.1) is 18.2 Å². The largest absolute Gasteiger partial charge is 0.494 e. The van der Waals surface area contributed by atoms with Crippen LogP contribution < -0.4 is 10.1 Å². The second-order valence-corrected chi connectivity index (χ2v) is 6.59. The van der Waals surface area contributed by atoms with Crippen LogP contribution in [0.5, 0.6) is 5.75 Å². The van der Waals surface area contributed by atoms with E-state index >= 15 is 0 Å². The molecule has 1 atom stereocenters. The Labute approximate surface area is 152 Å². The molecule has 6 heteroatoms. The third-order valence-corrected chi connectivity index (χ3v) is 4.59. The van der Waals surface area contributed by atoms with E-state index < -0.39 is 5.97 Å². The topological polar surface area (TPSA) is 64.6 Å². The van der Waals surface area contributed by atoms with E-state index in [4.69, 9.17) is 9.47 Å². The van der Waals surface area contributed by atoms with E-state index in [-0.39, 0.29) is 18.6 Å². The maximum Gasteiger partial charge on any atom is 0.338 e. The van der Waals surface area contributed by atoms with Gasteiger partial charge in [-0.3, -0.25) is 4.79 Å². The van der Waals surface area contributed by atoms with Gasteiger partial charge in [0, 0.05) is 4.88 Å². The Morgan fingerprint density at radius 2 is 1.96 bits per heavy atom. The highest BCUT2D eigenvalue weighted by Crippen LogP contribution is 2.18. The summed E-state index contributed by atoms with van der Waals surface area (Å²) in [6, 6.07) is 10.5. The first-order valence-electron chi connectivity index (χ1n) is 8.33. The van der Waals surface area contributed by atoms with Crippen LogP contribution in [0.2, 0.25) is 0 Å². The van der Waals surface area contributed by atoms with E-state index in [9.17, 15) is 9.59 Å². The zero-order chi connectivity index (χ0) is 18.1. The molecule has 0 aliphatic heterocycles. The maximum absolute atomic E-state index is 12.0. The molecule has 0 unspecified atom stereocenters. The molecule has 1 amide bonds. The molecular weight excluding hydrogens is 338 g/mol. The van der Waals surface area contributed by atoms with Crippen molar-refractivity contribution in [2.24, 2.45) is 0 Å². The van der Waals surface area contributed by atoms with Crippen LogP contribution >= 0.6 is 11.3 Å². The minimum absolute atomic E-state index is 0.106. The van der Waals surface area contributed by atoms with Gasteiger partial charge >= 0.3 is 5.97 Å². The minimum atomic E-state index is -0.529. The number of nitrogens with one attached hydrogen (secondary N) is 1. The lowest BCUT2D eigenvalue weighted by Crippen LogP contribution is -2.30. The van der Waals surface area contributed by atoms with Crippen LogP contribution in [0.3, 0.4) is 0 Å². The molecule has 0 fully saturated rings. The molecule has 0 spiro atoms. The number of hydrogen-bond donors (Lipinski definition) is 1. The average Bonchev–Trinajstić information content (AvgIpc) is 3.15. The molecule has 1 aromatic carbocycles. The highest BCUT2D eigenvalue weighted by Gasteiger charge is 2.13. The molecule has 1 aromatic heterocycles. The summed E-state index contributed by atoms with van der Waals surface area (Å²) >= 11 is 1.57. The number of benzene rings is 1. The predicted octanol–water partition coefficient (Wildman–Crippen LogP) is 3.96. The van der Waals surface area contributed by atoms with Crippen molar-refractivity contribution in [1.82, 2.24) is 5.32 Å². The first-order chi connectivity index (χ1) is 12.1. The fourth-order valence-corrected chi connectivity index (χ4v) is 2.86. The molecule has 0 aliphatic rings. The molecule has 2 rings (SSSR count). The van der Waals surface area contributed by atoms with Gasteiger partial charge in [-0.05, 0) is 49.1 Å². The Kier molecular flexibility index (Phi) is 7.47. The number of thiophene rings is 1. The summed E-state index contributed by atoms with van der Waals surface area (Å²) in [6.45, 7) is 4.34. The number of amides is 1. The summed E-state index contributed by atoms with van der Waals surface area (Å²) in [5.74, 6) is -0.139. The molecule has 1 heterocycles. The van der Waals surface area contributed by atoms with Crippen molar-refractivity contribution in [1.29, 1.82) is 0 Å². The van der Waals surface area contributed by atoms with Crippen molar-refractivity contribution in [3.8, 4) is 5.75 Å². The molecule has 134 valence electrons. The van der Waals surface area contributed by atoms with E-state index in [2.05, 4.69) is 12.2 Å². The van der Waals surface area contributed by atoms with Crippen molar-refractivity contribution in [3.05, 3.63) is 52.2 Å². The lowest BCUT2D eigenvalue weighted by atomic mass is 10.2. The number of rotatable bonds is 9. The van der Waals surface area contributed by atoms with Crippen LogP contribution in [0, 0.1) is 0 Å². The van der Waals surface area contributed by atoms with Gasteiger partial charge in [-0.1, -0.05) is 19.4 Å². The van der Waals surface area contributed by atoms with E-state index in [0.717, 1.165) is 17.7 Å². The Morgan fingerprint density at radius 3 is 2.60 bits per heavy atom. The Hall–Kier alpha value is -2.34. The first kappa shape index (κ1) is 19.0. The molecule has 0 saturated carbocycles. The normalized spacial score (nSPS) is 11.6. The SMILES string of the molecule is CCCCOc1ccc(C(=O)OCC(=O)N[C@@H](C)c2cccs2)cc1. The van der Waals surface area contributed by atoms with Crippen LogP contribution in [-0.4, -0.2) is 25.1 Å². The van der Waals surface area contributed by atoms with Crippen molar-refractivity contribution in [2.45, 2.75) is 32.7 Å². The molecule has 2 aromatic rings. The summed E-state index contributed by atoms with van der Waals surface area (Å²) < 4.78 is 10.6. The van der Waals surface area contributed by atoms with Crippen molar-refractivity contribution >= 4 is 23.2 Å².